The van der Waals surface area contributed by atoms with Gasteiger partial charge in [0.15, 0.2) is 0 Å². The van der Waals surface area contributed by atoms with Gasteiger partial charge in [-0.2, -0.15) is 0 Å². The van der Waals surface area contributed by atoms with E-state index in [1.165, 1.54) is 12.1 Å². The highest BCUT2D eigenvalue weighted by Crippen LogP contribution is 2.29. The van der Waals surface area contributed by atoms with Gasteiger partial charge in [-0.05, 0) is 61.2 Å². The van der Waals surface area contributed by atoms with Crippen LogP contribution in [0.4, 0.5) is 4.39 Å². The number of aliphatic carboxylic acids is 1. The van der Waals surface area contributed by atoms with E-state index >= 15 is 0 Å². The Labute approximate surface area is 157 Å². The van der Waals surface area contributed by atoms with E-state index in [1.807, 2.05) is 39.0 Å². The van der Waals surface area contributed by atoms with Crippen LogP contribution in [-0.4, -0.2) is 11.1 Å². The van der Waals surface area contributed by atoms with Crippen molar-refractivity contribution in [2.45, 2.75) is 46.6 Å². The maximum Gasteiger partial charge on any atom is 0.303 e. The van der Waals surface area contributed by atoms with Gasteiger partial charge in [-0.3, -0.25) is 4.79 Å². The lowest BCUT2D eigenvalue weighted by atomic mass is 9.99. The summed E-state index contributed by atoms with van der Waals surface area (Å²) in [5.74, 6) is 0.381. The Morgan fingerprint density at radius 3 is 2.63 bits per heavy atom. The lowest BCUT2D eigenvalue weighted by Crippen LogP contribution is -2.03. The number of carboxylic acid groups (broad SMARTS) is 1. The Morgan fingerprint density at radius 1 is 1.15 bits per heavy atom. The molecule has 0 aliphatic rings. The summed E-state index contributed by atoms with van der Waals surface area (Å²) in [5, 5.41) is 9.60. The third-order valence-corrected chi connectivity index (χ3v) is 4.90. The van der Waals surface area contributed by atoms with Crippen LogP contribution in [0.3, 0.4) is 0 Å². The quantitative estimate of drug-likeness (QED) is 0.609. The number of hydrogen-bond donors (Lipinski definition) is 1. The zero-order valence-corrected chi connectivity index (χ0v) is 15.8. The number of halogens is 1. The monoisotopic (exact) mass is 370 g/mol. The number of furan rings is 1. The van der Waals surface area contributed by atoms with Gasteiger partial charge in [0.05, 0.1) is 0 Å². The minimum Gasteiger partial charge on any atom is -0.488 e. The molecule has 0 aliphatic carbocycles. The summed E-state index contributed by atoms with van der Waals surface area (Å²) in [6, 6.07) is 8.50. The van der Waals surface area contributed by atoms with E-state index in [0.29, 0.717) is 23.3 Å². The molecule has 0 amide bonds. The van der Waals surface area contributed by atoms with E-state index in [0.717, 1.165) is 34.3 Å². The molecule has 2 aromatic carbocycles. The average molecular weight is 370 g/mol. The average Bonchev–Trinajstić information content (AvgIpc) is 3.04. The zero-order valence-electron chi connectivity index (χ0n) is 15.8. The fourth-order valence-corrected chi connectivity index (χ4v) is 3.20. The number of fused-ring (bicyclic) bond motifs is 1. The van der Waals surface area contributed by atoms with Crippen molar-refractivity contribution >= 4 is 16.9 Å². The van der Waals surface area contributed by atoms with Crippen molar-refractivity contribution in [1.29, 1.82) is 0 Å². The van der Waals surface area contributed by atoms with Gasteiger partial charge in [-0.15, -0.1) is 0 Å². The van der Waals surface area contributed by atoms with E-state index in [-0.39, 0.29) is 18.8 Å². The Balaban J connectivity index is 1.82. The van der Waals surface area contributed by atoms with Crippen LogP contribution in [0.5, 0.6) is 5.75 Å². The molecule has 0 atom stereocenters. The third kappa shape index (κ3) is 4.13. The maximum atomic E-state index is 13.9. The van der Waals surface area contributed by atoms with Crippen LogP contribution in [0.1, 0.15) is 41.4 Å². The van der Waals surface area contributed by atoms with Gasteiger partial charge in [-0.25, -0.2) is 4.39 Å². The molecule has 0 bridgehead atoms. The van der Waals surface area contributed by atoms with Gasteiger partial charge in [0.1, 0.15) is 29.5 Å². The topological polar surface area (TPSA) is 59.7 Å². The third-order valence-electron chi connectivity index (χ3n) is 4.90. The molecular weight excluding hydrogens is 347 g/mol. The molecule has 0 saturated heterocycles. The van der Waals surface area contributed by atoms with Gasteiger partial charge < -0.3 is 14.3 Å². The van der Waals surface area contributed by atoms with Crippen LogP contribution >= 0.6 is 0 Å². The van der Waals surface area contributed by atoms with Crippen molar-refractivity contribution in [2.75, 3.05) is 0 Å². The van der Waals surface area contributed by atoms with E-state index < -0.39 is 5.97 Å². The highest BCUT2D eigenvalue weighted by molar-refractivity contribution is 5.81. The fraction of sp³-hybridized carbons (Fsp3) is 0.318. The molecule has 0 fully saturated rings. The van der Waals surface area contributed by atoms with Crippen LogP contribution in [-0.2, 0) is 24.2 Å². The summed E-state index contributed by atoms with van der Waals surface area (Å²) in [4.78, 5) is 10.8. The molecular formula is C22H23FO4. The highest BCUT2D eigenvalue weighted by atomic mass is 19.1. The van der Waals surface area contributed by atoms with E-state index in [1.54, 1.807) is 0 Å². The Hall–Kier alpha value is -2.82. The molecule has 5 heteroatoms. The summed E-state index contributed by atoms with van der Waals surface area (Å²) in [7, 11) is 0. The first-order valence-corrected chi connectivity index (χ1v) is 9.03. The zero-order chi connectivity index (χ0) is 19.6. The normalized spacial score (nSPS) is 11.1. The van der Waals surface area contributed by atoms with Crippen molar-refractivity contribution in [1.82, 2.24) is 0 Å². The molecule has 1 N–H and O–H groups in total. The van der Waals surface area contributed by atoms with Crippen molar-refractivity contribution in [2.24, 2.45) is 0 Å². The second-order valence-corrected chi connectivity index (χ2v) is 6.70. The smallest absolute Gasteiger partial charge is 0.303 e. The van der Waals surface area contributed by atoms with Crippen LogP contribution in [0.15, 0.2) is 34.7 Å². The van der Waals surface area contributed by atoms with E-state index in [9.17, 15) is 9.18 Å². The maximum absolute atomic E-state index is 13.9. The predicted octanol–water partition coefficient (Wildman–Crippen LogP) is 5.35. The van der Waals surface area contributed by atoms with Crippen LogP contribution in [0, 0.1) is 19.7 Å². The number of benzene rings is 2. The molecule has 0 radical (unpaired) electrons. The number of hydrogen-bond acceptors (Lipinski definition) is 3. The van der Waals surface area contributed by atoms with Crippen molar-refractivity contribution in [3.63, 3.8) is 0 Å². The summed E-state index contributed by atoms with van der Waals surface area (Å²) >= 11 is 0. The first kappa shape index (κ1) is 19.0. The lowest BCUT2D eigenvalue weighted by Gasteiger charge is -2.14. The molecule has 0 saturated carbocycles. The molecule has 0 spiro atoms. The van der Waals surface area contributed by atoms with Crippen molar-refractivity contribution in [3.05, 3.63) is 64.2 Å². The van der Waals surface area contributed by atoms with Gasteiger partial charge in [0.2, 0.25) is 0 Å². The van der Waals surface area contributed by atoms with Crippen LogP contribution in [0.25, 0.3) is 11.0 Å². The van der Waals surface area contributed by atoms with E-state index in [4.69, 9.17) is 14.3 Å². The molecule has 4 nitrogen and oxygen atoms in total. The fourth-order valence-electron chi connectivity index (χ4n) is 3.20. The van der Waals surface area contributed by atoms with Gasteiger partial charge in [0.25, 0.3) is 0 Å². The second kappa shape index (κ2) is 7.82. The van der Waals surface area contributed by atoms with Crippen molar-refractivity contribution < 1.29 is 23.4 Å². The van der Waals surface area contributed by atoms with Gasteiger partial charge in [-0.1, -0.05) is 13.0 Å². The summed E-state index contributed by atoms with van der Waals surface area (Å²) in [6.45, 7) is 6.08. The Kier molecular flexibility index (Phi) is 5.49. The summed E-state index contributed by atoms with van der Waals surface area (Å²) < 4.78 is 25.7. The lowest BCUT2D eigenvalue weighted by molar-refractivity contribution is -0.136. The van der Waals surface area contributed by atoms with Crippen molar-refractivity contribution in [3.8, 4) is 5.75 Å². The van der Waals surface area contributed by atoms with Gasteiger partial charge >= 0.3 is 5.97 Å². The molecule has 3 rings (SSSR count). The second-order valence-electron chi connectivity index (χ2n) is 6.70. The molecule has 1 heterocycles. The largest absolute Gasteiger partial charge is 0.488 e. The van der Waals surface area contributed by atoms with Crippen LogP contribution in [0.2, 0.25) is 0 Å². The first-order valence-electron chi connectivity index (χ1n) is 9.03. The molecule has 1 aromatic heterocycles. The highest BCUT2D eigenvalue weighted by Gasteiger charge is 2.13. The van der Waals surface area contributed by atoms with Gasteiger partial charge in [0, 0.05) is 23.8 Å². The predicted molar refractivity (Wildman–Crippen MR) is 102 cm³/mol. The minimum atomic E-state index is -0.813. The number of rotatable bonds is 7. The standard InChI is InChI=1S/C22H23FO4/c1-4-19-11-16-9-18(23)10-17(22(16)27-19)12-26-20-7-5-15(6-8-21(24)25)13(2)14(20)3/h5,7,9-11H,4,6,8,12H2,1-3H3,(H,24,25). The Bertz CT molecular complexity index is 988. The molecule has 142 valence electrons. The van der Waals surface area contributed by atoms with E-state index in [2.05, 4.69) is 0 Å². The van der Waals surface area contributed by atoms with Crippen LogP contribution < -0.4 is 4.74 Å². The number of carboxylic acids is 1. The number of carbonyl (C=O) groups is 1. The minimum absolute atomic E-state index is 0.0972. The Morgan fingerprint density at radius 2 is 1.93 bits per heavy atom. The number of aryl methyl sites for hydroxylation is 2. The molecule has 0 unspecified atom stereocenters. The molecule has 0 aliphatic heterocycles. The SMILES string of the molecule is CCc1cc2cc(F)cc(COc3ccc(CCC(=O)O)c(C)c3C)c2o1. The first-order chi connectivity index (χ1) is 12.9. The molecule has 3 aromatic rings. The number of ether oxygens (including phenoxy) is 1. The molecule has 27 heavy (non-hydrogen) atoms. The summed E-state index contributed by atoms with van der Waals surface area (Å²) in [5.41, 5.74) is 4.29. The summed E-state index contributed by atoms with van der Waals surface area (Å²) in [6.07, 6.45) is 1.33.